The number of ether oxygens (including phenoxy) is 6. The number of benzene rings is 4. The Morgan fingerprint density at radius 3 is 1.83 bits per heavy atom. The van der Waals surface area contributed by atoms with Gasteiger partial charge in [-0.15, -0.1) is 0 Å². The molecule has 0 amide bonds. The fourth-order valence-electron chi connectivity index (χ4n) is 9.58. The summed E-state index contributed by atoms with van der Waals surface area (Å²) in [4.78, 5) is 29.6. The number of methoxy groups -OCH3 is 1. The normalized spacial score (nSPS) is 18.0. The van der Waals surface area contributed by atoms with E-state index in [1.807, 2.05) is 58.9 Å². The van der Waals surface area contributed by atoms with Crippen molar-refractivity contribution in [3.63, 3.8) is 0 Å². The molecule has 2 fully saturated rings. The summed E-state index contributed by atoms with van der Waals surface area (Å²) in [6, 6.07) is 19.5. The second-order valence-electron chi connectivity index (χ2n) is 19.6. The van der Waals surface area contributed by atoms with Crippen LogP contribution in [0, 0.1) is 18.8 Å². The summed E-state index contributed by atoms with van der Waals surface area (Å²) in [7, 11) is 1.69. The number of hydrogen-bond donors (Lipinski definition) is 2. The van der Waals surface area contributed by atoms with E-state index in [4.69, 9.17) is 63.1 Å². The number of esters is 2. The molecule has 2 saturated heterocycles. The molecule has 0 spiro atoms. The number of nitrogens with zero attached hydrogens (tertiary/aromatic N) is 2. The highest BCUT2D eigenvalue weighted by Crippen LogP contribution is 2.44. The maximum Gasteiger partial charge on any atom is 0.323 e. The predicted molar refractivity (Wildman–Crippen MR) is 272 cm³/mol. The molecule has 0 saturated carbocycles. The molecular weight excluding hydrogens is 916 g/mol. The van der Waals surface area contributed by atoms with Crippen molar-refractivity contribution < 1.29 is 38.0 Å². The molecule has 3 aliphatic rings. The summed E-state index contributed by atoms with van der Waals surface area (Å²) in [6.45, 7) is 17.6. The third kappa shape index (κ3) is 13.1. The van der Waals surface area contributed by atoms with Crippen LogP contribution in [0.2, 0.25) is 10.0 Å². The van der Waals surface area contributed by atoms with Crippen LogP contribution in [0.5, 0.6) is 17.2 Å². The molecule has 7 rings (SSSR count). The van der Waals surface area contributed by atoms with E-state index >= 15 is 0 Å². The van der Waals surface area contributed by atoms with Gasteiger partial charge in [-0.3, -0.25) is 19.4 Å². The van der Waals surface area contributed by atoms with Crippen molar-refractivity contribution in [2.75, 3.05) is 39.9 Å². The van der Waals surface area contributed by atoms with Crippen molar-refractivity contribution in [2.24, 2.45) is 23.3 Å². The number of halogens is 2. The van der Waals surface area contributed by atoms with Crippen LogP contribution in [0.15, 0.2) is 60.7 Å². The zero-order valence-electron chi connectivity index (χ0n) is 41.5. The molecule has 12 nitrogen and oxygen atoms in total. The Morgan fingerprint density at radius 1 is 0.667 bits per heavy atom. The van der Waals surface area contributed by atoms with Crippen LogP contribution in [0.3, 0.4) is 0 Å². The number of fused-ring (bicyclic) bond motifs is 1. The van der Waals surface area contributed by atoms with Gasteiger partial charge in [-0.25, -0.2) is 0 Å². The number of nitrogens with two attached hydrogens (primary N) is 2. The number of piperidine rings is 2. The summed E-state index contributed by atoms with van der Waals surface area (Å²) in [5.74, 6) is 1.38. The van der Waals surface area contributed by atoms with Crippen LogP contribution in [0.25, 0.3) is 11.1 Å². The average Bonchev–Trinajstić information content (AvgIpc) is 3.74. The molecule has 0 unspecified atom stereocenters. The van der Waals surface area contributed by atoms with Crippen LogP contribution in [-0.4, -0.2) is 85.9 Å². The minimum Gasteiger partial charge on any atom is -0.493 e. The van der Waals surface area contributed by atoms with E-state index in [-0.39, 0.29) is 42.1 Å². The van der Waals surface area contributed by atoms with E-state index in [1.54, 1.807) is 7.11 Å². The molecule has 4 N–H and O–H groups in total. The van der Waals surface area contributed by atoms with E-state index in [9.17, 15) is 9.59 Å². The average molecular weight is 988 g/mol. The van der Waals surface area contributed by atoms with Gasteiger partial charge in [0, 0.05) is 58.0 Å². The molecule has 14 heteroatoms. The molecule has 4 aromatic carbocycles. The van der Waals surface area contributed by atoms with Crippen LogP contribution in [-0.2, 0) is 56.5 Å². The van der Waals surface area contributed by atoms with Crippen LogP contribution >= 0.6 is 23.2 Å². The van der Waals surface area contributed by atoms with E-state index in [0.29, 0.717) is 54.5 Å². The highest BCUT2D eigenvalue weighted by atomic mass is 35.5. The van der Waals surface area contributed by atoms with Gasteiger partial charge >= 0.3 is 11.9 Å². The summed E-state index contributed by atoms with van der Waals surface area (Å²) in [5.41, 5.74) is 22.1. The van der Waals surface area contributed by atoms with Gasteiger partial charge in [0.2, 0.25) is 0 Å². The van der Waals surface area contributed by atoms with Gasteiger partial charge in [0.15, 0.2) is 0 Å². The first kappa shape index (κ1) is 52.4. The van der Waals surface area contributed by atoms with E-state index < -0.39 is 12.1 Å². The fourth-order valence-corrected chi connectivity index (χ4v) is 10.0. The summed E-state index contributed by atoms with van der Waals surface area (Å²) < 4.78 is 36.5. The van der Waals surface area contributed by atoms with Crippen molar-refractivity contribution in [1.29, 1.82) is 0 Å². The molecule has 2 aliphatic heterocycles. The van der Waals surface area contributed by atoms with Gasteiger partial charge in [0.1, 0.15) is 54.3 Å². The van der Waals surface area contributed by atoms with Gasteiger partial charge in [-0.2, -0.15) is 0 Å². The third-order valence-electron chi connectivity index (χ3n) is 14.0. The van der Waals surface area contributed by atoms with Crippen molar-refractivity contribution in [1.82, 2.24) is 9.80 Å². The highest BCUT2D eigenvalue weighted by molar-refractivity contribution is 6.32. The standard InChI is InChI=1S/C55H72Cl2N4O8/c1-8-65-49-28-51(47(57)26-38(49)30-61-23-19-41(20-24-61)68-55(63)53(59)34(4)5)69-48-16-15-44-43(13-10-14-45(44)48)42-12-9-11-36(35(42)6)32-66-50-27-39(31-64-7)37(25-46(50)56)29-60-21-17-40(18-22-60)67-54(62)52(58)33(2)3/h9-14,25-28,33-34,40-41,48,52-53H,8,15-24,29-32,58-59H2,1-7H3/t48-,52-,53-/m0/s1. The summed E-state index contributed by atoms with van der Waals surface area (Å²) in [5, 5.41) is 1.09. The first-order valence-electron chi connectivity index (χ1n) is 24.8. The SMILES string of the molecule is CCOc1cc(O[C@H]2CCc3c(-c4cccc(COc5cc(COC)c(CN6CCC(OC(=O)[C@@H](N)C(C)C)CC6)cc5Cl)c4C)cccc32)c(Cl)cc1CN1CCC(OC(=O)[C@@H](N)C(C)C)CC1. The fraction of sp³-hybridized carbons (Fsp3) is 0.527. The molecule has 69 heavy (non-hydrogen) atoms. The number of carbonyl (C=O) groups is 2. The van der Waals surface area contributed by atoms with Gasteiger partial charge in [-0.05, 0) is 127 Å². The maximum atomic E-state index is 12.5. The third-order valence-corrected chi connectivity index (χ3v) is 14.6. The lowest BCUT2D eigenvalue weighted by atomic mass is 9.91. The Kier molecular flexibility index (Phi) is 18.3. The Bertz CT molecular complexity index is 2400. The monoisotopic (exact) mass is 986 g/mol. The van der Waals surface area contributed by atoms with E-state index in [0.717, 1.165) is 109 Å². The molecule has 374 valence electrons. The molecule has 4 aromatic rings. The van der Waals surface area contributed by atoms with Crippen LogP contribution in [0.4, 0.5) is 0 Å². The Labute approximate surface area is 419 Å². The molecular formula is C55H72Cl2N4O8. The minimum atomic E-state index is -0.606. The lowest BCUT2D eigenvalue weighted by molar-refractivity contribution is -0.155. The largest absolute Gasteiger partial charge is 0.493 e. The minimum absolute atomic E-state index is 0.0335. The second kappa shape index (κ2) is 24.1. The smallest absolute Gasteiger partial charge is 0.323 e. The first-order chi connectivity index (χ1) is 33.1. The second-order valence-corrected chi connectivity index (χ2v) is 20.4. The summed E-state index contributed by atoms with van der Waals surface area (Å²) in [6.07, 6.45) is 4.25. The van der Waals surface area contributed by atoms with Gasteiger partial charge < -0.3 is 39.9 Å². The lowest BCUT2D eigenvalue weighted by Crippen LogP contribution is -2.42. The number of carbonyl (C=O) groups excluding carboxylic acids is 2. The number of rotatable bonds is 20. The molecule has 2 heterocycles. The maximum absolute atomic E-state index is 12.5. The van der Waals surface area contributed by atoms with Gasteiger partial charge in [0.05, 0.1) is 23.3 Å². The zero-order chi connectivity index (χ0) is 49.4. The number of hydrogen-bond acceptors (Lipinski definition) is 12. The Morgan fingerprint density at radius 2 is 1.23 bits per heavy atom. The van der Waals surface area contributed by atoms with E-state index in [2.05, 4.69) is 53.1 Å². The highest BCUT2D eigenvalue weighted by Gasteiger charge is 2.31. The Balaban J connectivity index is 0.985. The Hall–Kier alpha value is -4.40. The molecule has 0 radical (unpaired) electrons. The lowest BCUT2D eigenvalue weighted by Gasteiger charge is -2.33. The molecule has 0 aromatic heterocycles. The van der Waals surface area contributed by atoms with Crippen molar-refractivity contribution in [2.45, 2.75) is 137 Å². The number of likely N-dealkylation sites (tertiary alicyclic amines) is 2. The van der Waals surface area contributed by atoms with Crippen molar-refractivity contribution in [3.8, 4) is 28.4 Å². The van der Waals surface area contributed by atoms with Gasteiger partial charge in [0.25, 0.3) is 0 Å². The van der Waals surface area contributed by atoms with Gasteiger partial charge in [-0.1, -0.05) is 87.3 Å². The van der Waals surface area contributed by atoms with Crippen molar-refractivity contribution >= 4 is 35.1 Å². The summed E-state index contributed by atoms with van der Waals surface area (Å²) >= 11 is 13.9. The van der Waals surface area contributed by atoms with Crippen LogP contribution < -0.4 is 25.7 Å². The van der Waals surface area contributed by atoms with E-state index in [1.165, 1.54) is 11.1 Å². The van der Waals surface area contributed by atoms with Crippen molar-refractivity contribution in [3.05, 3.63) is 110 Å². The molecule has 0 bridgehead atoms. The first-order valence-corrected chi connectivity index (χ1v) is 25.5. The molecule has 3 atom stereocenters. The van der Waals surface area contributed by atoms with Crippen LogP contribution in [0.1, 0.15) is 112 Å². The quantitative estimate of drug-likeness (QED) is 0.0813. The zero-order valence-corrected chi connectivity index (χ0v) is 43.0. The predicted octanol–water partition coefficient (Wildman–Crippen LogP) is 10.1. The topological polar surface area (TPSA) is 148 Å². The molecule has 1 aliphatic carbocycles.